The zero-order chi connectivity index (χ0) is 20.2. The molecular formula is C19H25N7O2S. The van der Waals surface area contributed by atoms with Crippen LogP contribution in [0.2, 0.25) is 0 Å². The monoisotopic (exact) mass is 415 g/mol. The Morgan fingerprint density at radius 2 is 1.86 bits per heavy atom. The first-order valence-corrected chi connectivity index (χ1v) is 10.8. The second-order valence-corrected chi connectivity index (χ2v) is 8.44. The summed E-state index contributed by atoms with van der Waals surface area (Å²) in [5, 5.41) is 15.4. The molecule has 1 N–H and O–H groups in total. The van der Waals surface area contributed by atoms with Crippen molar-refractivity contribution in [1.82, 2.24) is 30.0 Å². The number of carbonyl (C=O) groups excluding carboxylic acids is 2. The van der Waals surface area contributed by atoms with Crippen molar-refractivity contribution >= 4 is 29.3 Å². The molecule has 1 aromatic carbocycles. The van der Waals surface area contributed by atoms with Crippen molar-refractivity contribution < 1.29 is 9.59 Å². The van der Waals surface area contributed by atoms with Crippen molar-refractivity contribution in [2.24, 2.45) is 0 Å². The van der Waals surface area contributed by atoms with E-state index in [1.165, 1.54) is 11.8 Å². The number of piperazine rings is 1. The Balaban J connectivity index is 1.18. The van der Waals surface area contributed by atoms with Gasteiger partial charge in [0.1, 0.15) is 0 Å². The number of amides is 2. The summed E-state index contributed by atoms with van der Waals surface area (Å²) in [6, 6.07) is 8.15. The number of tetrazole rings is 1. The molecule has 2 heterocycles. The second kappa shape index (κ2) is 8.91. The number of hydrogen-bond donors (Lipinski definition) is 1. The van der Waals surface area contributed by atoms with Crippen LogP contribution in [0.15, 0.2) is 29.4 Å². The Hall–Kier alpha value is -2.46. The number of rotatable bonds is 7. The van der Waals surface area contributed by atoms with Crippen molar-refractivity contribution in [2.45, 2.75) is 31.0 Å². The number of anilines is 1. The largest absolute Gasteiger partial charge is 0.339 e. The zero-order valence-corrected chi connectivity index (χ0v) is 17.3. The van der Waals surface area contributed by atoms with Gasteiger partial charge in [0.05, 0.1) is 18.3 Å². The fourth-order valence-corrected chi connectivity index (χ4v) is 4.09. The van der Waals surface area contributed by atoms with E-state index in [1.54, 1.807) is 0 Å². The third-order valence-electron chi connectivity index (χ3n) is 5.11. The minimum absolute atomic E-state index is 0.0314. The van der Waals surface area contributed by atoms with Gasteiger partial charge in [-0.05, 0) is 42.3 Å². The number of aryl methyl sites for hydroxylation is 1. The molecule has 154 valence electrons. The van der Waals surface area contributed by atoms with Gasteiger partial charge < -0.3 is 10.2 Å². The fraction of sp³-hybridized carbons (Fsp3) is 0.526. The third kappa shape index (κ3) is 5.33. The molecule has 1 aliphatic carbocycles. The van der Waals surface area contributed by atoms with Gasteiger partial charge in [0.2, 0.25) is 17.0 Å². The molecule has 0 bridgehead atoms. The molecule has 1 aliphatic heterocycles. The molecule has 29 heavy (non-hydrogen) atoms. The van der Waals surface area contributed by atoms with Crippen LogP contribution >= 0.6 is 11.8 Å². The highest BCUT2D eigenvalue weighted by Gasteiger charge is 2.29. The number of aromatic nitrogens is 4. The van der Waals surface area contributed by atoms with E-state index < -0.39 is 0 Å². The van der Waals surface area contributed by atoms with E-state index in [4.69, 9.17) is 0 Å². The smallest absolute Gasteiger partial charge is 0.238 e. The molecule has 0 atom stereocenters. The topological polar surface area (TPSA) is 96.2 Å². The lowest BCUT2D eigenvalue weighted by Gasteiger charge is -2.34. The summed E-state index contributed by atoms with van der Waals surface area (Å²) in [7, 11) is 0. The van der Waals surface area contributed by atoms with Crippen molar-refractivity contribution in [3.8, 4) is 0 Å². The van der Waals surface area contributed by atoms with Gasteiger partial charge in [-0.25, -0.2) is 4.68 Å². The fourth-order valence-electron chi connectivity index (χ4n) is 3.24. The van der Waals surface area contributed by atoms with Gasteiger partial charge in [-0.3, -0.25) is 14.5 Å². The van der Waals surface area contributed by atoms with Crippen LogP contribution in [-0.4, -0.2) is 80.3 Å². The maximum Gasteiger partial charge on any atom is 0.238 e. The lowest BCUT2D eigenvalue weighted by Crippen LogP contribution is -2.50. The Morgan fingerprint density at radius 3 is 2.55 bits per heavy atom. The summed E-state index contributed by atoms with van der Waals surface area (Å²) in [5.41, 5.74) is 1.96. The Morgan fingerprint density at radius 1 is 1.14 bits per heavy atom. The molecule has 1 saturated heterocycles. The average Bonchev–Trinajstić information content (AvgIpc) is 3.46. The quantitative estimate of drug-likeness (QED) is 0.679. The number of benzene rings is 1. The third-order valence-corrected chi connectivity index (χ3v) is 6.03. The van der Waals surface area contributed by atoms with E-state index in [2.05, 4.69) is 25.7 Å². The first-order valence-electron chi connectivity index (χ1n) is 9.86. The van der Waals surface area contributed by atoms with Crippen molar-refractivity contribution in [3.05, 3.63) is 29.8 Å². The van der Waals surface area contributed by atoms with Gasteiger partial charge in [0, 0.05) is 31.9 Å². The molecule has 10 heteroatoms. The van der Waals surface area contributed by atoms with Gasteiger partial charge in [-0.15, -0.1) is 5.10 Å². The minimum atomic E-state index is -0.0314. The molecule has 0 unspecified atom stereocenters. The van der Waals surface area contributed by atoms with E-state index in [1.807, 2.05) is 40.8 Å². The van der Waals surface area contributed by atoms with E-state index in [0.29, 0.717) is 49.7 Å². The van der Waals surface area contributed by atoms with Crippen LogP contribution in [0.3, 0.4) is 0 Å². The molecular weight excluding hydrogens is 390 g/mol. The highest BCUT2D eigenvalue weighted by Crippen LogP contribution is 2.36. The van der Waals surface area contributed by atoms with Crippen LogP contribution in [0.25, 0.3) is 0 Å². The highest BCUT2D eigenvalue weighted by molar-refractivity contribution is 7.99. The van der Waals surface area contributed by atoms with Gasteiger partial charge in [-0.1, -0.05) is 29.5 Å². The molecule has 2 aliphatic rings. The van der Waals surface area contributed by atoms with Gasteiger partial charge in [0.15, 0.2) is 0 Å². The van der Waals surface area contributed by atoms with Gasteiger partial charge >= 0.3 is 0 Å². The van der Waals surface area contributed by atoms with Crippen molar-refractivity contribution in [2.75, 3.05) is 43.8 Å². The Labute approximate surface area is 173 Å². The summed E-state index contributed by atoms with van der Waals surface area (Å²) in [6.07, 6.45) is 2.21. The average molecular weight is 416 g/mol. The molecule has 2 aromatic rings. The predicted molar refractivity (Wildman–Crippen MR) is 110 cm³/mol. The molecule has 1 saturated carbocycles. The molecule has 0 spiro atoms. The van der Waals surface area contributed by atoms with Crippen molar-refractivity contribution in [1.29, 1.82) is 0 Å². The lowest BCUT2D eigenvalue weighted by atomic mass is 10.2. The minimum Gasteiger partial charge on any atom is -0.339 e. The molecule has 2 fully saturated rings. The highest BCUT2D eigenvalue weighted by atomic mass is 32.2. The maximum atomic E-state index is 12.5. The SMILES string of the molecule is Cc1ccc(NC(=O)CN2CCN(C(=O)CSc3nnnn3C3CC3)CC2)cc1. The maximum absolute atomic E-state index is 12.5. The van der Waals surface area contributed by atoms with E-state index >= 15 is 0 Å². The van der Waals surface area contributed by atoms with Crippen LogP contribution in [-0.2, 0) is 9.59 Å². The number of thioether (sulfide) groups is 1. The Kier molecular flexibility index (Phi) is 6.10. The Bertz CT molecular complexity index is 858. The van der Waals surface area contributed by atoms with Crippen molar-refractivity contribution in [3.63, 3.8) is 0 Å². The first-order chi connectivity index (χ1) is 14.1. The summed E-state index contributed by atoms with van der Waals surface area (Å²) in [6.45, 7) is 4.99. The predicted octanol–water partition coefficient (Wildman–Crippen LogP) is 1.19. The first kappa shape index (κ1) is 19.8. The molecule has 9 nitrogen and oxygen atoms in total. The molecule has 4 rings (SSSR count). The van der Waals surface area contributed by atoms with Crippen LogP contribution in [0.1, 0.15) is 24.4 Å². The number of nitrogens with one attached hydrogen (secondary N) is 1. The lowest BCUT2D eigenvalue weighted by molar-refractivity contribution is -0.130. The summed E-state index contributed by atoms with van der Waals surface area (Å²) < 4.78 is 1.82. The van der Waals surface area contributed by atoms with E-state index in [0.717, 1.165) is 24.1 Å². The number of carbonyl (C=O) groups is 2. The summed E-state index contributed by atoms with van der Waals surface area (Å²) >= 11 is 1.40. The standard InChI is InChI=1S/C19H25N7O2S/c1-14-2-4-15(5-3-14)20-17(27)12-24-8-10-25(11-9-24)18(28)13-29-19-21-22-23-26(19)16-6-7-16/h2-5,16H,6-13H2,1H3,(H,20,27). The van der Waals surface area contributed by atoms with Gasteiger partial charge in [0.25, 0.3) is 0 Å². The van der Waals surface area contributed by atoms with E-state index in [-0.39, 0.29) is 11.8 Å². The number of nitrogens with zero attached hydrogens (tertiary/aromatic N) is 6. The van der Waals surface area contributed by atoms with Crippen LogP contribution < -0.4 is 5.32 Å². The van der Waals surface area contributed by atoms with Gasteiger partial charge in [-0.2, -0.15) is 0 Å². The second-order valence-electron chi connectivity index (χ2n) is 7.50. The molecule has 1 aromatic heterocycles. The summed E-state index contributed by atoms with van der Waals surface area (Å²) in [5.74, 6) is 0.390. The van der Waals surface area contributed by atoms with Crippen LogP contribution in [0, 0.1) is 6.92 Å². The van der Waals surface area contributed by atoms with Crippen LogP contribution in [0.4, 0.5) is 5.69 Å². The summed E-state index contributed by atoms with van der Waals surface area (Å²) in [4.78, 5) is 28.7. The van der Waals surface area contributed by atoms with E-state index in [9.17, 15) is 9.59 Å². The number of hydrogen-bond acceptors (Lipinski definition) is 7. The van der Waals surface area contributed by atoms with Crippen LogP contribution in [0.5, 0.6) is 0 Å². The molecule has 0 radical (unpaired) electrons. The molecule has 2 amide bonds. The normalized spacial score (nSPS) is 17.3. The zero-order valence-electron chi connectivity index (χ0n) is 16.5.